The molecule has 0 aliphatic carbocycles. The number of piperidine rings is 3. The third-order valence-electron chi connectivity index (χ3n) is 6.47. The van der Waals surface area contributed by atoms with Crippen LogP contribution in [0.1, 0.15) is 12.8 Å². The van der Waals surface area contributed by atoms with Crippen LogP contribution in [0.2, 0.25) is 0 Å². The van der Waals surface area contributed by atoms with Crippen molar-refractivity contribution in [2.75, 3.05) is 31.1 Å². The van der Waals surface area contributed by atoms with Gasteiger partial charge in [-0.05, 0) is 50.2 Å². The Balaban J connectivity index is 1.30. The molecule has 28 heavy (non-hydrogen) atoms. The molecule has 3 aromatic rings. The Morgan fingerprint density at radius 2 is 1.89 bits per heavy atom. The maximum absolute atomic E-state index is 12.7. The van der Waals surface area contributed by atoms with Crippen molar-refractivity contribution in [3.63, 3.8) is 0 Å². The summed E-state index contributed by atoms with van der Waals surface area (Å²) >= 11 is 1.61. The van der Waals surface area contributed by atoms with Gasteiger partial charge in [-0.1, -0.05) is 24.3 Å². The van der Waals surface area contributed by atoms with Crippen molar-refractivity contribution in [2.24, 2.45) is 5.92 Å². The second-order valence-electron chi connectivity index (χ2n) is 8.10. The molecule has 0 radical (unpaired) electrons. The number of benzene rings is 1. The molecule has 2 aromatic heterocycles. The van der Waals surface area contributed by atoms with Gasteiger partial charge >= 0.3 is 6.09 Å². The first-order chi connectivity index (χ1) is 13.7. The van der Waals surface area contributed by atoms with Crippen LogP contribution in [-0.2, 0) is 4.74 Å². The standard InChI is InChI=1S/C22H21N3O2S/c26-21-25(14-22(27-21)13-24-11-9-16(22)10-12-24)20-8-7-19(28-20)18-6-5-15-3-1-2-4-17(15)23-18/h1-8,16H,9-14H2/t22-/m1/s1. The molecule has 1 amide bonds. The Morgan fingerprint density at radius 3 is 2.71 bits per heavy atom. The van der Waals surface area contributed by atoms with Crippen LogP contribution in [0.25, 0.3) is 21.5 Å². The maximum Gasteiger partial charge on any atom is 0.415 e. The summed E-state index contributed by atoms with van der Waals surface area (Å²) < 4.78 is 6.00. The minimum Gasteiger partial charge on any atom is -0.439 e. The molecule has 6 heteroatoms. The molecule has 7 rings (SSSR count). The molecule has 142 valence electrons. The molecule has 4 saturated heterocycles. The average molecular weight is 391 g/mol. The lowest BCUT2D eigenvalue weighted by Crippen LogP contribution is -2.61. The Hall–Kier alpha value is -2.44. The molecule has 4 aliphatic heterocycles. The fourth-order valence-electron chi connectivity index (χ4n) is 4.99. The lowest BCUT2D eigenvalue weighted by Gasteiger charge is -2.49. The van der Waals surface area contributed by atoms with E-state index in [1.165, 1.54) is 0 Å². The van der Waals surface area contributed by atoms with Crippen LogP contribution < -0.4 is 4.90 Å². The highest BCUT2D eigenvalue weighted by Gasteiger charge is 2.55. The molecule has 6 heterocycles. The number of pyridine rings is 1. The molecular weight excluding hydrogens is 370 g/mol. The zero-order valence-corrected chi connectivity index (χ0v) is 16.3. The summed E-state index contributed by atoms with van der Waals surface area (Å²) in [5.41, 5.74) is 1.61. The summed E-state index contributed by atoms with van der Waals surface area (Å²) in [6, 6.07) is 16.4. The predicted molar refractivity (Wildman–Crippen MR) is 111 cm³/mol. The predicted octanol–water partition coefficient (Wildman–Crippen LogP) is 4.38. The van der Waals surface area contributed by atoms with E-state index in [9.17, 15) is 4.79 Å². The molecule has 1 atom stereocenters. The SMILES string of the molecule is O=C1O[C@]2(CN3CCC2CC3)CN1c1ccc(-c2ccc3ccccc3n2)s1. The second-order valence-corrected chi connectivity index (χ2v) is 9.16. The van der Waals surface area contributed by atoms with E-state index >= 15 is 0 Å². The number of ether oxygens (including phenoxy) is 1. The zero-order valence-electron chi connectivity index (χ0n) is 15.5. The maximum atomic E-state index is 12.7. The van der Waals surface area contributed by atoms with Crippen molar-refractivity contribution in [2.45, 2.75) is 18.4 Å². The molecule has 4 fully saturated rings. The molecule has 0 saturated carbocycles. The molecule has 5 nitrogen and oxygen atoms in total. The third kappa shape index (κ3) is 2.48. The van der Waals surface area contributed by atoms with Crippen molar-refractivity contribution >= 4 is 33.3 Å². The summed E-state index contributed by atoms with van der Waals surface area (Å²) in [7, 11) is 0. The van der Waals surface area contributed by atoms with Gasteiger partial charge in [0.1, 0.15) is 10.6 Å². The number of anilines is 1. The summed E-state index contributed by atoms with van der Waals surface area (Å²) in [5.74, 6) is 0.494. The van der Waals surface area contributed by atoms with Gasteiger partial charge in [-0.3, -0.25) is 9.80 Å². The number of carbonyl (C=O) groups excluding carboxylic acids is 1. The molecule has 1 aromatic carbocycles. The summed E-state index contributed by atoms with van der Waals surface area (Å²) in [4.78, 5) is 22.9. The monoisotopic (exact) mass is 391 g/mol. The minimum atomic E-state index is -0.321. The molecule has 1 spiro atoms. The van der Waals surface area contributed by atoms with Crippen molar-refractivity contribution in [3.8, 4) is 10.6 Å². The van der Waals surface area contributed by atoms with E-state index < -0.39 is 0 Å². The van der Waals surface area contributed by atoms with E-state index in [2.05, 4.69) is 29.2 Å². The minimum absolute atomic E-state index is 0.200. The van der Waals surface area contributed by atoms with Gasteiger partial charge in [0.2, 0.25) is 0 Å². The molecule has 0 N–H and O–H groups in total. The van der Waals surface area contributed by atoms with Crippen LogP contribution >= 0.6 is 11.3 Å². The van der Waals surface area contributed by atoms with Gasteiger partial charge in [0.25, 0.3) is 0 Å². The number of nitrogens with zero attached hydrogens (tertiary/aromatic N) is 3. The molecule has 4 aliphatic rings. The second kappa shape index (κ2) is 6.03. The van der Waals surface area contributed by atoms with Gasteiger partial charge in [0.15, 0.2) is 0 Å². The number of carbonyl (C=O) groups is 1. The zero-order chi connectivity index (χ0) is 18.7. The number of amides is 1. The Bertz CT molecular complexity index is 1070. The van der Waals surface area contributed by atoms with Gasteiger partial charge < -0.3 is 4.74 Å². The topological polar surface area (TPSA) is 45.7 Å². The molecular formula is C22H21N3O2S. The smallest absolute Gasteiger partial charge is 0.415 e. The Morgan fingerprint density at radius 1 is 1.04 bits per heavy atom. The first-order valence-electron chi connectivity index (χ1n) is 9.89. The van der Waals surface area contributed by atoms with Crippen LogP contribution in [0.5, 0.6) is 0 Å². The average Bonchev–Trinajstić information content (AvgIpc) is 3.33. The van der Waals surface area contributed by atoms with Crippen molar-refractivity contribution in [3.05, 3.63) is 48.5 Å². The lowest BCUT2D eigenvalue weighted by atomic mass is 9.75. The van der Waals surface area contributed by atoms with E-state index in [-0.39, 0.29) is 11.7 Å². The van der Waals surface area contributed by atoms with E-state index in [1.807, 2.05) is 29.2 Å². The number of thiophene rings is 1. The van der Waals surface area contributed by atoms with E-state index in [1.54, 1.807) is 11.3 Å². The van der Waals surface area contributed by atoms with E-state index in [4.69, 9.17) is 9.72 Å². The highest BCUT2D eigenvalue weighted by Crippen LogP contribution is 2.45. The van der Waals surface area contributed by atoms with Crippen molar-refractivity contribution in [1.82, 2.24) is 9.88 Å². The number of rotatable bonds is 2. The van der Waals surface area contributed by atoms with E-state index in [0.29, 0.717) is 12.5 Å². The summed E-state index contributed by atoms with van der Waals surface area (Å²) in [5, 5.41) is 2.08. The number of para-hydroxylation sites is 1. The number of hydrogen-bond acceptors (Lipinski definition) is 5. The lowest BCUT2D eigenvalue weighted by molar-refractivity contribution is -0.0881. The van der Waals surface area contributed by atoms with Crippen LogP contribution in [0.15, 0.2) is 48.5 Å². The first kappa shape index (κ1) is 16.5. The van der Waals surface area contributed by atoms with Crippen LogP contribution in [0.4, 0.5) is 9.80 Å². The molecule has 0 unspecified atom stereocenters. The fraction of sp³-hybridized carbons (Fsp3) is 0.364. The highest BCUT2D eigenvalue weighted by molar-refractivity contribution is 7.19. The van der Waals surface area contributed by atoms with Crippen LogP contribution in [0, 0.1) is 5.92 Å². The van der Waals surface area contributed by atoms with Crippen molar-refractivity contribution in [1.29, 1.82) is 0 Å². The summed E-state index contributed by atoms with van der Waals surface area (Å²) in [6.07, 6.45) is 2.07. The van der Waals surface area contributed by atoms with Crippen LogP contribution in [0.3, 0.4) is 0 Å². The van der Waals surface area contributed by atoms with Crippen molar-refractivity contribution < 1.29 is 9.53 Å². The van der Waals surface area contributed by atoms with Gasteiger partial charge in [-0.25, -0.2) is 9.78 Å². The number of hydrogen-bond donors (Lipinski definition) is 0. The number of aromatic nitrogens is 1. The van der Waals surface area contributed by atoms with Crippen LogP contribution in [-0.4, -0.2) is 47.8 Å². The van der Waals surface area contributed by atoms with Gasteiger partial charge in [0, 0.05) is 17.8 Å². The fourth-order valence-corrected chi connectivity index (χ4v) is 5.96. The summed E-state index contributed by atoms with van der Waals surface area (Å²) in [6.45, 7) is 3.82. The number of fused-ring (bicyclic) bond motifs is 3. The highest BCUT2D eigenvalue weighted by atomic mass is 32.1. The van der Waals surface area contributed by atoms with E-state index in [0.717, 1.165) is 59.0 Å². The normalized spacial score (nSPS) is 29.0. The van der Waals surface area contributed by atoms with Gasteiger partial charge in [0.05, 0.1) is 22.6 Å². The quantitative estimate of drug-likeness (QED) is 0.650. The Labute approximate surface area is 167 Å². The van der Waals surface area contributed by atoms with Gasteiger partial charge in [-0.2, -0.15) is 0 Å². The third-order valence-corrected chi connectivity index (χ3v) is 7.60. The largest absolute Gasteiger partial charge is 0.439 e. The molecule has 2 bridgehead atoms. The first-order valence-corrected chi connectivity index (χ1v) is 10.7. The van der Waals surface area contributed by atoms with Gasteiger partial charge in [-0.15, -0.1) is 11.3 Å². The Kier molecular flexibility index (Phi) is 3.55.